The van der Waals surface area contributed by atoms with Crippen molar-refractivity contribution in [2.75, 3.05) is 17.1 Å². The number of para-hydroxylation sites is 1. The van der Waals surface area contributed by atoms with Crippen molar-refractivity contribution < 1.29 is 31.1 Å². The monoisotopic (exact) mass is 484 g/mol. The SMILES string of the molecule is CCC1(CC)CC(NC(=O)CN(c2ccc(C(F)(F)F)cc2)S(C)(=O)=O)c2ccccc2O1. The number of benzene rings is 2. The van der Waals surface area contributed by atoms with Crippen molar-refractivity contribution in [2.45, 2.75) is 50.9 Å². The molecule has 180 valence electrons. The number of nitrogens with zero attached hydrogens (tertiary/aromatic N) is 1. The number of carbonyl (C=O) groups excluding carboxylic acids is 1. The summed E-state index contributed by atoms with van der Waals surface area (Å²) in [5, 5.41) is 2.90. The van der Waals surface area contributed by atoms with Crippen LogP contribution in [0.1, 0.15) is 50.3 Å². The van der Waals surface area contributed by atoms with Crippen molar-refractivity contribution in [3.63, 3.8) is 0 Å². The van der Waals surface area contributed by atoms with Crippen molar-refractivity contribution in [3.05, 3.63) is 59.7 Å². The maximum Gasteiger partial charge on any atom is 0.416 e. The molecule has 0 fully saturated rings. The highest BCUT2D eigenvalue weighted by atomic mass is 32.2. The van der Waals surface area contributed by atoms with Gasteiger partial charge in [0.25, 0.3) is 0 Å². The first-order valence-electron chi connectivity index (χ1n) is 10.6. The van der Waals surface area contributed by atoms with Gasteiger partial charge in [0.15, 0.2) is 0 Å². The van der Waals surface area contributed by atoms with Gasteiger partial charge in [-0.15, -0.1) is 0 Å². The Balaban J connectivity index is 1.84. The number of rotatable bonds is 7. The average Bonchev–Trinajstić information content (AvgIpc) is 2.76. The van der Waals surface area contributed by atoms with E-state index in [-0.39, 0.29) is 5.69 Å². The molecule has 2 aromatic carbocycles. The summed E-state index contributed by atoms with van der Waals surface area (Å²) in [5.74, 6) is 0.101. The zero-order valence-corrected chi connectivity index (χ0v) is 19.5. The van der Waals surface area contributed by atoms with Crippen LogP contribution < -0.4 is 14.4 Å². The first kappa shape index (κ1) is 24.9. The summed E-state index contributed by atoms with van der Waals surface area (Å²) in [6, 6.07) is 10.6. The second kappa shape index (κ2) is 9.24. The zero-order valence-electron chi connectivity index (χ0n) is 18.6. The van der Waals surface area contributed by atoms with E-state index in [2.05, 4.69) is 5.32 Å². The summed E-state index contributed by atoms with van der Waals surface area (Å²) in [7, 11) is -3.93. The number of ether oxygens (including phenoxy) is 1. The molecular formula is C23H27F3N2O4S. The standard InChI is InChI=1S/C23H27F3N2O4S/c1-4-22(5-2)14-19(18-8-6-7-9-20(18)32-22)27-21(29)15-28(33(3,30)31)17-12-10-16(11-13-17)23(24,25)26/h6-13,19H,4-5,14-15H2,1-3H3,(H,27,29). The molecule has 1 amide bonds. The molecule has 0 aliphatic carbocycles. The second-order valence-electron chi connectivity index (χ2n) is 8.17. The van der Waals surface area contributed by atoms with Crippen LogP contribution in [0.4, 0.5) is 18.9 Å². The topological polar surface area (TPSA) is 75.7 Å². The molecule has 2 aromatic rings. The van der Waals surface area contributed by atoms with Gasteiger partial charge in [0, 0.05) is 12.0 Å². The minimum absolute atomic E-state index is 0.0236. The number of amides is 1. The Kier molecular flexibility index (Phi) is 6.97. The third-order valence-electron chi connectivity index (χ3n) is 5.99. The van der Waals surface area contributed by atoms with E-state index in [4.69, 9.17) is 4.74 Å². The molecule has 1 aliphatic rings. The van der Waals surface area contributed by atoms with E-state index in [9.17, 15) is 26.4 Å². The molecule has 0 radical (unpaired) electrons. The fraction of sp³-hybridized carbons (Fsp3) is 0.435. The Morgan fingerprint density at radius 1 is 1.12 bits per heavy atom. The molecule has 10 heteroatoms. The lowest BCUT2D eigenvalue weighted by atomic mass is 9.83. The summed E-state index contributed by atoms with van der Waals surface area (Å²) >= 11 is 0. The molecule has 3 rings (SSSR count). The summed E-state index contributed by atoms with van der Waals surface area (Å²) in [5.41, 5.74) is -0.595. The normalized spacial score (nSPS) is 17.6. The van der Waals surface area contributed by atoms with Crippen LogP contribution in [0.15, 0.2) is 48.5 Å². The van der Waals surface area contributed by atoms with Gasteiger partial charge in [-0.1, -0.05) is 32.0 Å². The third kappa shape index (κ3) is 5.61. The summed E-state index contributed by atoms with van der Waals surface area (Å²) in [6.07, 6.45) is -1.67. The van der Waals surface area contributed by atoms with Crippen LogP contribution in [0, 0.1) is 0 Å². The minimum Gasteiger partial charge on any atom is -0.487 e. The van der Waals surface area contributed by atoms with Crippen LogP contribution in [0.25, 0.3) is 0 Å². The smallest absolute Gasteiger partial charge is 0.416 e. The third-order valence-corrected chi connectivity index (χ3v) is 7.13. The Bertz CT molecular complexity index is 1100. The first-order valence-corrected chi connectivity index (χ1v) is 12.5. The molecule has 1 aliphatic heterocycles. The Hall–Kier alpha value is -2.75. The highest BCUT2D eigenvalue weighted by molar-refractivity contribution is 7.92. The second-order valence-corrected chi connectivity index (χ2v) is 10.1. The van der Waals surface area contributed by atoms with Crippen LogP contribution in [-0.2, 0) is 21.0 Å². The van der Waals surface area contributed by atoms with Gasteiger partial charge in [0.05, 0.1) is 23.5 Å². The van der Waals surface area contributed by atoms with Gasteiger partial charge in [-0.05, 0) is 43.2 Å². The molecule has 0 spiro atoms. The van der Waals surface area contributed by atoms with Crippen LogP contribution in [0.3, 0.4) is 0 Å². The van der Waals surface area contributed by atoms with Crippen molar-refractivity contribution >= 4 is 21.6 Å². The molecule has 0 bridgehead atoms. The van der Waals surface area contributed by atoms with E-state index in [0.717, 1.165) is 53.2 Å². The van der Waals surface area contributed by atoms with Gasteiger partial charge < -0.3 is 10.1 Å². The Morgan fingerprint density at radius 2 is 1.73 bits per heavy atom. The van der Waals surface area contributed by atoms with Crippen molar-refractivity contribution in [3.8, 4) is 5.75 Å². The van der Waals surface area contributed by atoms with Crippen molar-refractivity contribution in [1.29, 1.82) is 0 Å². The molecule has 33 heavy (non-hydrogen) atoms. The molecule has 1 heterocycles. The molecule has 1 atom stereocenters. The number of carbonyl (C=O) groups is 1. The highest BCUT2D eigenvalue weighted by Crippen LogP contribution is 2.42. The number of fused-ring (bicyclic) bond motifs is 1. The van der Waals surface area contributed by atoms with E-state index in [1.165, 1.54) is 0 Å². The fourth-order valence-corrected chi connectivity index (χ4v) is 4.87. The van der Waals surface area contributed by atoms with E-state index in [0.29, 0.717) is 12.2 Å². The molecule has 6 nitrogen and oxygen atoms in total. The quantitative estimate of drug-likeness (QED) is 0.620. The average molecular weight is 485 g/mol. The van der Waals surface area contributed by atoms with Crippen LogP contribution in [0.5, 0.6) is 5.75 Å². The molecule has 1 unspecified atom stereocenters. The minimum atomic E-state index is -4.55. The van der Waals surface area contributed by atoms with Gasteiger partial charge in [0.1, 0.15) is 17.9 Å². The number of nitrogens with one attached hydrogen (secondary N) is 1. The van der Waals surface area contributed by atoms with Crippen molar-refractivity contribution in [1.82, 2.24) is 5.32 Å². The fourth-order valence-electron chi connectivity index (χ4n) is 4.02. The maximum absolute atomic E-state index is 12.9. The summed E-state index contributed by atoms with van der Waals surface area (Å²) < 4.78 is 70.3. The largest absolute Gasteiger partial charge is 0.487 e. The lowest BCUT2D eigenvalue weighted by molar-refractivity contribution is -0.137. The van der Waals surface area contributed by atoms with E-state index in [1.54, 1.807) is 0 Å². The van der Waals surface area contributed by atoms with Gasteiger partial charge in [0.2, 0.25) is 15.9 Å². The van der Waals surface area contributed by atoms with Crippen LogP contribution >= 0.6 is 0 Å². The summed E-state index contributed by atoms with van der Waals surface area (Å²) in [6.45, 7) is 3.45. The number of alkyl halides is 3. The van der Waals surface area contributed by atoms with Crippen LogP contribution in [-0.4, -0.2) is 32.7 Å². The Morgan fingerprint density at radius 3 is 2.27 bits per heavy atom. The number of halogens is 3. The van der Waals surface area contributed by atoms with E-state index >= 15 is 0 Å². The summed E-state index contributed by atoms with van der Waals surface area (Å²) in [4.78, 5) is 12.9. The lowest BCUT2D eigenvalue weighted by Crippen LogP contribution is -2.47. The predicted molar refractivity (Wildman–Crippen MR) is 120 cm³/mol. The predicted octanol–water partition coefficient (Wildman–Crippen LogP) is 4.67. The van der Waals surface area contributed by atoms with Gasteiger partial charge >= 0.3 is 6.18 Å². The number of hydrogen-bond donors (Lipinski definition) is 1. The van der Waals surface area contributed by atoms with E-state index in [1.807, 2.05) is 38.1 Å². The Labute approximate surface area is 191 Å². The molecule has 0 aromatic heterocycles. The van der Waals surface area contributed by atoms with Gasteiger partial charge in [-0.25, -0.2) is 8.42 Å². The highest BCUT2D eigenvalue weighted by Gasteiger charge is 2.39. The van der Waals surface area contributed by atoms with Crippen molar-refractivity contribution in [2.24, 2.45) is 0 Å². The number of anilines is 1. The van der Waals surface area contributed by atoms with Gasteiger partial charge in [-0.3, -0.25) is 9.10 Å². The maximum atomic E-state index is 12.9. The number of sulfonamides is 1. The van der Waals surface area contributed by atoms with E-state index < -0.39 is 45.9 Å². The van der Waals surface area contributed by atoms with Crippen LogP contribution in [0.2, 0.25) is 0 Å². The molecule has 0 saturated heterocycles. The zero-order chi connectivity index (χ0) is 24.4. The van der Waals surface area contributed by atoms with Gasteiger partial charge in [-0.2, -0.15) is 13.2 Å². The molecule has 1 N–H and O–H groups in total. The molecular weight excluding hydrogens is 457 g/mol. The number of hydrogen-bond acceptors (Lipinski definition) is 4. The molecule has 0 saturated carbocycles. The lowest BCUT2D eigenvalue weighted by Gasteiger charge is -2.41. The first-order chi connectivity index (χ1) is 15.4.